The summed E-state index contributed by atoms with van der Waals surface area (Å²) in [6.07, 6.45) is 2.00. The molecule has 342 valence electrons. The molecule has 18 heteroatoms. The van der Waals surface area contributed by atoms with Crippen LogP contribution in [0.15, 0.2) is 42.5 Å². The highest BCUT2D eigenvalue weighted by molar-refractivity contribution is 6.30. The summed E-state index contributed by atoms with van der Waals surface area (Å²) in [6, 6.07) is 6.16. The summed E-state index contributed by atoms with van der Waals surface area (Å²) in [5.41, 5.74) is 7.45. The number of anilines is 1. The molecule has 63 heavy (non-hydrogen) atoms. The molecular weight excluding hydrogens is 811 g/mol. The highest BCUT2D eigenvalue weighted by atomic mass is 16.2. The zero-order valence-corrected chi connectivity index (χ0v) is 37.2. The van der Waals surface area contributed by atoms with E-state index in [1.807, 2.05) is 27.7 Å². The number of nitrogens with two attached hydrogens (primary N) is 1. The van der Waals surface area contributed by atoms with Gasteiger partial charge >= 0.3 is 0 Å². The second-order valence-electron chi connectivity index (χ2n) is 17.1. The van der Waals surface area contributed by atoms with Gasteiger partial charge in [0.2, 0.25) is 41.4 Å². The molecule has 0 saturated carbocycles. The Morgan fingerprint density at radius 3 is 1.92 bits per heavy atom. The Labute approximate surface area is 368 Å². The Morgan fingerprint density at radius 1 is 0.667 bits per heavy atom. The number of rotatable bonds is 21. The second kappa shape index (κ2) is 22.8. The summed E-state index contributed by atoms with van der Waals surface area (Å²) >= 11 is 0. The van der Waals surface area contributed by atoms with Crippen LogP contribution in [0.2, 0.25) is 0 Å². The normalized spacial score (nSPS) is 16.7. The van der Waals surface area contributed by atoms with Gasteiger partial charge in [-0.25, -0.2) is 0 Å². The lowest BCUT2D eigenvalue weighted by Crippen LogP contribution is -2.58. The van der Waals surface area contributed by atoms with E-state index in [4.69, 9.17) is 5.73 Å². The molecule has 2 aromatic rings. The van der Waals surface area contributed by atoms with Gasteiger partial charge in [0.25, 0.3) is 0 Å². The summed E-state index contributed by atoms with van der Waals surface area (Å²) in [5.74, 6) is -4.33. The van der Waals surface area contributed by atoms with Crippen molar-refractivity contribution in [1.82, 2.24) is 36.8 Å². The van der Waals surface area contributed by atoms with Crippen LogP contribution in [0.3, 0.4) is 0 Å². The average Bonchev–Trinajstić information content (AvgIpc) is 3.73. The molecule has 2 aliphatic rings. The van der Waals surface area contributed by atoms with Gasteiger partial charge in [0.05, 0.1) is 18.2 Å². The first-order valence-electron chi connectivity index (χ1n) is 21.7. The summed E-state index contributed by atoms with van der Waals surface area (Å²) in [4.78, 5) is 119. The van der Waals surface area contributed by atoms with Gasteiger partial charge in [-0.15, -0.1) is 0 Å². The second-order valence-corrected chi connectivity index (χ2v) is 17.1. The quantitative estimate of drug-likeness (QED) is 0.0698. The first-order chi connectivity index (χ1) is 29.8. The number of nitrogens with one attached hydrogen (secondary N) is 7. The van der Waals surface area contributed by atoms with Crippen LogP contribution in [0, 0.1) is 11.8 Å². The van der Waals surface area contributed by atoms with E-state index in [-0.39, 0.29) is 48.7 Å². The molecule has 0 bridgehead atoms. The maximum absolute atomic E-state index is 14.0. The van der Waals surface area contributed by atoms with Crippen LogP contribution in [0.5, 0.6) is 0 Å². The molecule has 7 amide bonds. The number of fused-ring (bicyclic) bond motifs is 2. The van der Waals surface area contributed by atoms with E-state index in [2.05, 4.69) is 37.2 Å². The van der Waals surface area contributed by atoms with Gasteiger partial charge in [0.15, 0.2) is 11.6 Å². The maximum Gasteiger partial charge on any atom is 0.245 e. The number of ketones is 2. The van der Waals surface area contributed by atoms with Crippen LogP contribution in [-0.2, 0) is 33.6 Å². The molecule has 18 nitrogen and oxygen atoms in total. The summed E-state index contributed by atoms with van der Waals surface area (Å²) in [6.45, 7) is 12.4. The third-order valence-electron chi connectivity index (χ3n) is 10.8. The van der Waals surface area contributed by atoms with E-state index in [0.29, 0.717) is 60.3 Å². The number of carbonyl (C=O) groups excluding carboxylic acids is 9. The Balaban J connectivity index is 1.29. The standard InChI is InChI=1S/C45H63N9O9/c1-24(2)21-33(52-36(55)23-49-41(59)27(6)50-40(58)26(5)46)43(61)51-28(7)42(60)53-34(22-25(3)4)45(63)54-20-11-17-35(54)44(62)48-19-12-18-47-32-16-10-15-31-37(32)39(57)30-14-9-8-13-29(30)38(31)56/h8-10,13-16,24-28,33-35,47H,11-12,17-23,46H2,1-7H3,(H,48,62)(H,49,59)(H,50,58)(H,51,61)(H,52,55)(H,53,60)/t26-,27+,28+,33+,34+,35+/m1/s1. The molecule has 4 rings (SSSR count). The molecule has 2 aromatic carbocycles. The third-order valence-corrected chi connectivity index (χ3v) is 10.8. The topological polar surface area (TPSA) is 267 Å². The Morgan fingerprint density at radius 2 is 1.27 bits per heavy atom. The zero-order valence-electron chi connectivity index (χ0n) is 37.2. The van der Waals surface area contributed by atoms with Gasteiger partial charge in [-0.3, -0.25) is 43.2 Å². The van der Waals surface area contributed by atoms with Crippen molar-refractivity contribution in [2.24, 2.45) is 17.6 Å². The van der Waals surface area contributed by atoms with E-state index >= 15 is 0 Å². The number of amides is 7. The largest absolute Gasteiger partial charge is 0.384 e. The van der Waals surface area contributed by atoms with Crippen molar-refractivity contribution in [2.75, 3.05) is 31.5 Å². The summed E-state index contributed by atoms with van der Waals surface area (Å²) in [5, 5.41) is 19.0. The van der Waals surface area contributed by atoms with Gasteiger partial charge in [0, 0.05) is 42.0 Å². The van der Waals surface area contributed by atoms with Crippen LogP contribution >= 0.6 is 0 Å². The van der Waals surface area contributed by atoms with Gasteiger partial charge in [-0.1, -0.05) is 64.1 Å². The molecule has 0 aromatic heterocycles. The Kier molecular flexibility index (Phi) is 17.9. The lowest BCUT2D eigenvalue weighted by atomic mass is 9.83. The summed E-state index contributed by atoms with van der Waals surface area (Å²) in [7, 11) is 0. The molecule has 1 aliphatic carbocycles. The molecule has 9 N–H and O–H groups in total. The van der Waals surface area contributed by atoms with Crippen LogP contribution in [-0.4, -0.2) is 120 Å². The fraction of sp³-hybridized carbons (Fsp3) is 0.533. The number of carbonyl (C=O) groups is 9. The van der Waals surface area contributed by atoms with Crippen LogP contribution in [0.25, 0.3) is 0 Å². The summed E-state index contributed by atoms with van der Waals surface area (Å²) < 4.78 is 0. The van der Waals surface area contributed by atoms with E-state index in [0.717, 1.165) is 0 Å². The van der Waals surface area contributed by atoms with Crippen LogP contribution in [0.4, 0.5) is 5.69 Å². The minimum absolute atomic E-state index is 0.0143. The highest BCUT2D eigenvalue weighted by Gasteiger charge is 2.38. The van der Waals surface area contributed by atoms with Crippen molar-refractivity contribution in [2.45, 2.75) is 117 Å². The molecule has 0 radical (unpaired) electrons. The van der Waals surface area contributed by atoms with Gasteiger partial charge in [0.1, 0.15) is 30.2 Å². The van der Waals surface area contributed by atoms with Crippen molar-refractivity contribution in [3.05, 3.63) is 64.7 Å². The lowest BCUT2D eigenvalue weighted by Gasteiger charge is -2.30. The highest BCUT2D eigenvalue weighted by Crippen LogP contribution is 2.32. The number of hydrogen-bond donors (Lipinski definition) is 8. The third kappa shape index (κ3) is 13.4. The molecule has 0 unspecified atom stereocenters. The predicted molar refractivity (Wildman–Crippen MR) is 235 cm³/mol. The van der Waals surface area contributed by atoms with Crippen molar-refractivity contribution in [3.63, 3.8) is 0 Å². The first kappa shape index (κ1) is 49.5. The van der Waals surface area contributed by atoms with Gasteiger partial charge in [-0.05, 0) is 70.8 Å². The van der Waals surface area contributed by atoms with Crippen LogP contribution < -0.4 is 43.0 Å². The minimum Gasteiger partial charge on any atom is -0.384 e. The van der Waals surface area contributed by atoms with E-state index in [1.54, 1.807) is 42.5 Å². The monoisotopic (exact) mass is 873 g/mol. The molecule has 6 atom stereocenters. The predicted octanol–water partition coefficient (Wildman–Crippen LogP) is 0.906. The lowest BCUT2D eigenvalue weighted by molar-refractivity contribution is -0.142. The molecular formula is C45H63N9O9. The first-order valence-corrected chi connectivity index (χ1v) is 21.7. The van der Waals surface area contributed by atoms with E-state index < -0.39 is 78.2 Å². The Bertz CT molecular complexity index is 2050. The SMILES string of the molecule is CC(C)C[C@H](NC(=O)CNC(=O)[C@H](C)NC(=O)[C@@H](C)N)C(=O)N[C@@H](C)C(=O)N[C@@H](CC(C)C)C(=O)N1CCC[C@H]1C(=O)NCCCNc1cccc2c1C(=O)c1ccccc1C2=O. The minimum atomic E-state index is -1.11. The molecule has 1 saturated heterocycles. The smallest absolute Gasteiger partial charge is 0.245 e. The van der Waals surface area contributed by atoms with Gasteiger partial charge < -0.3 is 47.9 Å². The number of nitrogens with zero attached hydrogens (tertiary/aromatic N) is 1. The maximum atomic E-state index is 14.0. The number of benzene rings is 2. The van der Waals surface area contributed by atoms with Crippen molar-refractivity contribution in [3.8, 4) is 0 Å². The van der Waals surface area contributed by atoms with Crippen molar-refractivity contribution >= 4 is 58.6 Å². The van der Waals surface area contributed by atoms with Gasteiger partial charge in [-0.2, -0.15) is 0 Å². The van der Waals surface area contributed by atoms with Crippen molar-refractivity contribution < 1.29 is 43.2 Å². The van der Waals surface area contributed by atoms with E-state index in [9.17, 15) is 43.2 Å². The Hall–Kier alpha value is -6.17. The fourth-order valence-corrected chi connectivity index (χ4v) is 7.48. The molecule has 1 aliphatic heterocycles. The average molecular weight is 874 g/mol. The number of likely N-dealkylation sites (tertiary alicyclic amines) is 1. The van der Waals surface area contributed by atoms with Crippen molar-refractivity contribution in [1.29, 1.82) is 0 Å². The zero-order chi connectivity index (χ0) is 46.5. The van der Waals surface area contributed by atoms with Crippen LogP contribution in [0.1, 0.15) is 112 Å². The fourth-order valence-electron chi connectivity index (χ4n) is 7.48. The molecule has 0 spiro atoms. The molecule has 1 fully saturated rings. The molecule has 1 heterocycles. The van der Waals surface area contributed by atoms with E-state index in [1.165, 1.54) is 25.7 Å². The number of hydrogen-bond acceptors (Lipinski definition) is 11.